The van der Waals surface area contributed by atoms with E-state index in [9.17, 15) is 13.6 Å². The zero-order chi connectivity index (χ0) is 14.7. The molecule has 0 fully saturated rings. The monoisotopic (exact) mass is 292 g/mol. The second-order valence-corrected chi connectivity index (χ2v) is 4.46. The van der Waals surface area contributed by atoms with E-state index in [0.717, 1.165) is 18.2 Å². The lowest BCUT2D eigenvalue weighted by Gasteiger charge is -2.07. The minimum atomic E-state index is -0.709. The van der Waals surface area contributed by atoms with Crippen molar-refractivity contribution in [1.29, 1.82) is 0 Å². The van der Waals surface area contributed by atoms with Gasteiger partial charge in [-0.25, -0.2) is 8.78 Å². The molecule has 0 saturated carbocycles. The van der Waals surface area contributed by atoms with Gasteiger partial charge in [0.2, 0.25) is 0 Å². The maximum atomic E-state index is 13.4. The third-order valence-electron chi connectivity index (χ3n) is 2.61. The fraction of sp³-hybridized carbons (Fsp3) is 0. The highest BCUT2D eigenvalue weighted by atomic mass is 32.1. The van der Waals surface area contributed by atoms with Crippen LogP contribution in [0.25, 0.3) is 0 Å². The van der Waals surface area contributed by atoms with Crippen LogP contribution in [-0.4, -0.2) is 10.9 Å². The van der Waals surface area contributed by atoms with E-state index < -0.39 is 17.5 Å². The zero-order valence-corrected chi connectivity index (χ0v) is 11.0. The molecule has 6 heteroatoms. The van der Waals surface area contributed by atoms with Gasteiger partial charge in [-0.1, -0.05) is 24.4 Å². The third-order valence-corrected chi connectivity index (χ3v) is 2.84. The smallest absolute Gasteiger partial charge is 0.255 e. The molecule has 0 spiro atoms. The first-order chi connectivity index (χ1) is 9.47. The number of nitrogens with one attached hydrogen (secondary N) is 1. The fourth-order valence-corrected chi connectivity index (χ4v) is 1.71. The molecule has 0 saturated heterocycles. The minimum Gasteiger partial charge on any atom is -0.389 e. The van der Waals surface area contributed by atoms with Crippen LogP contribution in [0.5, 0.6) is 0 Å². The van der Waals surface area contributed by atoms with E-state index in [-0.39, 0.29) is 16.2 Å². The molecule has 0 radical (unpaired) electrons. The zero-order valence-electron chi connectivity index (χ0n) is 10.2. The number of carbonyl (C=O) groups is 1. The summed E-state index contributed by atoms with van der Waals surface area (Å²) in [6.07, 6.45) is 0. The Balaban J connectivity index is 2.19. The summed E-state index contributed by atoms with van der Waals surface area (Å²) >= 11 is 4.79. The molecule has 3 N–H and O–H groups in total. The predicted molar refractivity (Wildman–Crippen MR) is 76.6 cm³/mol. The molecule has 3 nitrogen and oxygen atoms in total. The number of hydrogen-bond acceptors (Lipinski definition) is 2. The molecule has 0 aliphatic rings. The van der Waals surface area contributed by atoms with E-state index in [0.29, 0.717) is 5.56 Å². The molecule has 0 unspecified atom stereocenters. The lowest BCUT2D eigenvalue weighted by atomic mass is 10.1. The van der Waals surface area contributed by atoms with Crippen LogP contribution in [0.4, 0.5) is 14.5 Å². The summed E-state index contributed by atoms with van der Waals surface area (Å²) in [6.45, 7) is 0. The molecular weight excluding hydrogens is 282 g/mol. The SMILES string of the molecule is NC(=S)c1ccc(C(=O)Nc2cc(F)ccc2F)cc1. The first-order valence-electron chi connectivity index (χ1n) is 5.63. The van der Waals surface area contributed by atoms with Crippen molar-refractivity contribution in [3.8, 4) is 0 Å². The highest BCUT2D eigenvalue weighted by Gasteiger charge is 2.10. The lowest BCUT2D eigenvalue weighted by Crippen LogP contribution is -2.14. The standard InChI is InChI=1S/C14H10F2N2OS/c15-10-5-6-11(16)12(7-10)18-14(19)9-3-1-8(2-4-9)13(17)20/h1-7H,(H2,17,20)(H,18,19). The summed E-state index contributed by atoms with van der Waals surface area (Å²) in [7, 11) is 0. The van der Waals surface area contributed by atoms with Gasteiger partial charge in [-0.05, 0) is 24.3 Å². The Morgan fingerprint density at radius 1 is 1.05 bits per heavy atom. The van der Waals surface area contributed by atoms with Crippen molar-refractivity contribution in [1.82, 2.24) is 0 Å². The molecule has 0 aliphatic carbocycles. The topological polar surface area (TPSA) is 55.1 Å². The first-order valence-corrected chi connectivity index (χ1v) is 6.04. The Kier molecular flexibility index (Phi) is 4.05. The molecule has 2 rings (SSSR count). The maximum absolute atomic E-state index is 13.4. The van der Waals surface area contributed by atoms with Crippen molar-refractivity contribution >= 4 is 28.8 Å². The number of amides is 1. The number of thiocarbonyl (C=S) groups is 1. The molecule has 0 atom stereocenters. The highest BCUT2D eigenvalue weighted by Crippen LogP contribution is 2.16. The molecule has 0 aromatic heterocycles. The Hall–Kier alpha value is -2.34. The summed E-state index contributed by atoms with van der Waals surface area (Å²) in [5.41, 5.74) is 6.13. The fourth-order valence-electron chi connectivity index (χ4n) is 1.57. The normalized spacial score (nSPS) is 10.1. The van der Waals surface area contributed by atoms with Crippen LogP contribution >= 0.6 is 12.2 Å². The second kappa shape index (κ2) is 5.75. The number of rotatable bonds is 3. The van der Waals surface area contributed by atoms with Gasteiger partial charge in [0.15, 0.2) is 0 Å². The molecule has 1 amide bonds. The minimum absolute atomic E-state index is 0.214. The summed E-state index contributed by atoms with van der Waals surface area (Å²) in [6, 6.07) is 9.00. The van der Waals surface area contributed by atoms with Crippen molar-refractivity contribution < 1.29 is 13.6 Å². The molecule has 0 aliphatic heterocycles. The van der Waals surface area contributed by atoms with Gasteiger partial charge in [0.25, 0.3) is 5.91 Å². The van der Waals surface area contributed by atoms with Gasteiger partial charge in [-0.2, -0.15) is 0 Å². The second-order valence-electron chi connectivity index (χ2n) is 4.02. The van der Waals surface area contributed by atoms with Crippen LogP contribution in [0.15, 0.2) is 42.5 Å². The van der Waals surface area contributed by atoms with Crippen molar-refractivity contribution in [2.45, 2.75) is 0 Å². The first kappa shape index (κ1) is 14.1. The van der Waals surface area contributed by atoms with Crippen molar-refractivity contribution in [2.24, 2.45) is 5.73 Å². The quantitative estimate of drug-likeness (QED) is 0.855. The van der Waals surface area contributed by atoms with Crippen molar-refractivity contribution in [2.75, 3.05) is 5.32 Å². The van der Waals surface area contributed by atoms with Crippen LogP contribution in [-0.2, 0) is 0 Å². The number of benzene rings is 2. The van der Waals surface area contributed by atoms with Crippen LogP contribution < -0.4 is 11.1 Å². The molecule has 2 aromatic carbocycles. The molecule has 0 heterocycles. The van der Waals surface area contributed by atoms with Gasteiger partial charge in [-0.3, -0.25) is 4.79 Å². The number of hydrogen-bond donors (Lipinski definition) is 2. The summed E-state index contributed by atoms with van der Waals surface area (Å²) in [5.74, 6) is -1.89. The van der Waals surface area contributed by atoms with E-state index in [2.05, 4.69) is 5.32 Å². The Morgan fingerprint density at radius 3 is 2.25 bits per heavy atom. The van der Waals surface area contributed by atoms with Crippen LogP contribution in [0, 0.1) is 11.6 Å². The Bertz CT molecular complexity index is 671. The summed E-state index contributed by atoms with van der Waals surface area (Å²) < 4.78 is 26.4. The summed E-state index contributed by atoms with van der Waals surface area (Å²) in [5, 5.41) is 2.30. The maximum Gasteiger partial charge on any atom is 0.255 e. The van der Waals surface area contributed by atoms with Crippen LogP contribution in [0.3, 0.4) is 0 Å². The van der Waals surface area contributed by atoms with E-state index in [1.165, 1.54) is 12.1 Å². The van der Waals surface area contributed by atoms with E-state index in [1.54, 1.807) is 12.1 Å². The van der Waals surface area contributed by atoms with E-state index >= 15 is 0 Å². The number of halogens is 2. The summed E-state index contributed by atoms with van der Waals surface area (Å²) in [4.78, 5) is 12.1. The van der Waals surface area contributed by atoms with Gasteiger partial charge >= 0.3 is 0 Å². The highest BCUT2D eigenvalue weighted by molar-refractivity contribution is 7.80. The van der Waals surface area contributed by atoms with Gasteiger partial charge in [-0.15, -0.1) is 0 Å². The molecule has 102 valence electrons. The van der Waals surface area contributed by atoms with Crippen molar-refractivity contribution in [3.05, 3.63) is 65.2 Å². The Morgan fingerprint density at radius 2 is 1.65 bits per heavy atom. The number of carbonyl (C=O) groups excluding carboxylic acids is 1. The van der Waals surface area contributed by atoms with Crippen LogP contribution in [0.1, 0.15) is 15.9 Å². The molecular formula is C14H10F2N2OS. The van der Waals surface area contributed by atoms with Gasteiger partial charge in [0.1, 0.15) is 16.6 Å². The van der Waals surface area contributed by atoms with Gasteiger partial charge in [0.05, 0.1) is 5.69 Å². The van der Waals surface area contributed by atoms with Crippen LogP contribution in [0.2, 0.25) is 0 Å². The molecule has 0 bridgehead atoms. The van der Waals surface area contributed by atoms with Gasteiger partial charge in [0, 0.05) is 17.2 Å². The predicted octanol–water partition coefficient (Wildman–Crippen LogP) is 2.85. The molecule has 20 heavy (non-hydrogen) atoms. The van der Waals surface area contributed by atoms with E-state index in [1.807, 2.05) is 0 Å². The van der Waals surface area contributed by atoms with Crippen molar-refractivity contribution in [3.63, 3.8) is 0 Å². The number of nitrogens with two attached hydrogens (primary N) is 1. The van der Waals surface area contributed by atoms with Gasteiger partial charge < -0.3 is 11.1 Å². The average Bonchev–Trinajstić information content (AvgIpc) is 2.43. The third kappa shape index (κ3) is 3.16. The average molecular weight is 292 g/mol. The van der Waals surface area contributed by atoms with E-state index in [4.69, 9.17) is 18.0 Å². The molecule has 2 aromatic rings. The lowest BCUT2D eigenvalue weighted by molar-refractivity contribution is 0.102. The number of anilines is 1. The Labute approximate surface area is 119 Å². The largest absolute Gasteiger partial charge is 0.389 e.